The topological polar surface area (TPSA) is 106 Å². The number of carboxylic acids is 1. The maximum Gasteiger partial charge on any atom is 0.308 e. The van der Waals surface area contributed by atoms with Crippen LogP contribution in [-0.4, -0.2) is 55.5 Å². The Bertz CT molecular complexity index is 864. The number of carboxylic acid groups (broad SMARTS) is 1. The van der Waals surface area contributed by atoms with E-state index in [1.165, 1.54) is 0 Å². The molecule has 1 atom stereocenters. The second kappa shape index (κ2) is 8.85. The summed E-state index contributed by atoms with van der Waals surface area (Å²) in [5, 5.41) is 12.5. The van der Waals surface area contributed by atoms with Crippen LogP contribution in [-0.2, 0) is 4.79 Å². The molecular formula is C20H26N4O5. The van der Waals surface area contributed by atoms with Crippen molar-refractivity contribution in [3.8, 4) is 17.2 Å². The first kappa shape index (κ1) is 20.5. The summed E-state index contributed by atoms with van der Waals surface area (Å²) in [6.07, 6.45) is 1.50. The predicted octanol–water partition coefficient (Wildman–Crippen LogP) is 2.86. The van der Waals surface area contributed by atoms with Crippen LogP contribution in [0.1, 0.15) is 18.5 Å². The van der Waals surface area contributed by atoms with Gasteiger partial charge in [-0.25, -0.2) is 4.98 Å². The fourth-order valence-corrected chi connectivity index (χ4v) is 3.44. The van der Waals surface area contributed by atoms with Gasteiger partial charge in [-0.15, -0.1) is 0 Å². The molecule has 1 saturated heterocycles. The third-order valence-corrected chi connectivity index (χ3v) is 4.86. The molecule has 2 heterocycles. The number of piperidine rings is 1. The highest BCUT2D eigenvalue weighted by Gasteiger charge is 2.26. The van der Waals surface area contributed by atoms with Gasteiger partial charge < -0.3 is 29.5 Å². The molecule has 9 heteroatoms. The van der Waals surface area contributed by atoms with Crippen LogP contribution in [0.2, 0.25) is 0 Å². The molecule has 1 fully saturated rings. The number of aryl methyl sites for hydroxylation is 1. The van der Waals surface area contributed by atoms with Crippen LogP contribution in [0.25, 0.3) is 0 Å². The summed E-state index contributed by atoms with van der Waals surface area (Å²) >= 11 is 0. The summed E-state index contributed by atoms with van der Waals surface area (Å²) in [5.41, 5.74) is 1.46. The highest BCUT2D eigenvalue weighted by molar-refractivity contribution is 5.71. The standard InChI is InChI=1S/C20H26N4O5/c1-12-8-17(24-7-5-6-13(11-24)19(25)26)23-20(21-12)22-14-9-15(27-2)18(29-4)16(10-14)28-3/h8-10,13H,5-7,11H2,1-4H3,(H,25,26)(H,21,22,23). The first-order valence-corrected chi connectivity index (χ1v) is 9.35. The normalized spacial score (nSPS) is 16.3. The van der Waals surface area contributed by atoms with E-state index in [0.29, 0.717) is 47.7 Å². The number of anilines is 3. The molecule has 2 N–H and O–H groups in total. The van der Waals surface area contributed by atoms with E-state index in [4.69, 9.17) is 14.2 Å². The van der Waals surface area contributed by atoms with Crippen LogP contribution in [0.3, 0.4) is 0 Å². The van der Waals surface area contributed by atoms with Gasteiger partial charge in [0.25, 0.3) is 0 Å². The quantitative estimate of drug-likeness (QED) is 0.723. The second-order valence-electron chi connectivity index (χ2n) is 6.85. The SMILES string of the molecule is COc1cc(Nc2nc(C)cc(N3CCCC(C(=O)O)C3)n2)cc(OC)c1OC. The molecule has 1 aromatic heterocycles. The van der Waals surface area contributed by atoms with E-state index in [0.717, 1.165) is 18.7 Å². The molecule has 0 bridgehead atoms. The largest absolute Gasteiger partial charge is 0.493 e. The minimum atomic E-state index is -0.767. The molecule has 0 aliphatic carbocycles. The molecular weight excluding hydrogens is 376 g/mol. The van der Waals surface area contributed by atoms with Gasteiger partial charge in [-0.1, -0.05) is 0 Å². The number of benzene rings is 1. The van der Waals surface area contributed by atoms with Crippen molar-refractivity contribution in [3.05, 3.63) is 23.9 Å². The van der Waals surface area contributed by atoms with Gasteiger partial charge in [0.2, 0.25) is 11.7 Å². The molecule has 29 heavy (non-hydrogen) atoms. The molecule has 0 spiro atoms. The van der Waals surface area contributed by atoms with Gasteiger partial charge in [-0.2, -0.15) is 4.98 Å². The zero-order chi connectivity index (χ0) is 21.0. The van der Waals surface area contributed by atoms with Gasteiger partial charge in [0.15, 0.2) is 11.5 Å². The summed E-state index contributed by atoms with van der Waals surface area (Å²) in [5.74, 6) is 1.50. The van der Waals surface area contributed by atoms with Gasteiger partial charge in [-0.05, 0) is 19.8 Å². The van der Waals surface area contributed by atoms with E-state index in [1.54, 1.807) is 33.5 Å². The molecule has 0 amide bonds. The van der Waals surface area contributed by atoms with Crippen molar-refractivity contribution in [2.45, 2.75) is 19.8 Å². The van der Waals surface area contributed by atoms with Crippen LogP contribution in [0, 0.1) is 12.8 Å². The lowest BCUT2D eigenvalue weighted by atomic mass is 9.98. The van der Waals surface area contributed by atoms with Crippen LogP contribution >= 0.6 is 0 Å². The number of hydrogen-bond donors (Lipinski definition) is 2. The first-order valence-electron chi connectivity index (χ1n) is 9.35. The van der Waals surface area contributed by atoms with Crippen molar-refractivity contribution in [1.29, 1.82) is 0 Å². The molecule has 1 aliphatic rings. The summed E-state index contributed by atoms with van der Waals surface area (Å²) in [6.45, 7) is 3.09. The van der Waals surface area contributed by atoms with Crippen LogP contribution in [0.15, 0.2) is 18.2 Å². The molecule has 2 aromatic rings. The number of ether oxygens (including phenoxy) is 3. The van der Waals surface area contributed by atoms with Gasteiger partial charge >= 0.3 is 5.97 Å². The van der Waals surface area contributed by atoms with Gasteiger partial charge in [0.1, 0.15) is 5.82 Å². The monoisotopic (exact) mass is 402 g/mol. The summed E-state index contributed by atoms with van der Waals surface area (Å²) in [4.78, 5) is 22.4. The zero-order valence-electron chi connectivity index (χ0n) is 17.1. The number of methoxy groups -OCH3 is 3. The number of nitrogens with zero attached hydrogens (tertiary/aromatic N) is 3. The summed E-state index contributed by atoms with van der Waals surface area (Å²) in [7, 11) is 4.65. The molecule has 3 rings (SSSR count). The maximum atomic E-state index is 11.4. The van der Waals surface area contributed by atoms with Crippen molar-refractivity contribution in [3.63, 3.8) is 0 Å². The molecule has 156 valence electrons. The Morgan fingerprint density at radius 1 is 1.14 bits per heavy atom. The van der Waals surface area contributed by atoms with E-state index in [-0.39, 0.29) is 5.92 Å². The molecule has 1 unspecified atom stereocenters. The third kappa shape index (κ3) is 4.61. The van der Waals surface area contributed by atoms with Crippen LogP contribution in [0.5, 0.6) is 17.2 Å². The predicted molar refractivity (Wildman–Crippen MR) is 109 cm³/mol. The van der Waals surface area contributed by atoms with Crippen molar-refractivity contribution in [1.82, 2.24) is 9.97 Å². The minimum Gasteiger partial charge on any atom is -0.493 e. The number of hydrogen-bond acceptors (Lipinski definition) is 8. The highest BCUT2D eigenvalue weighted by Crippen LogP contribution is 2.40. The molecule has 1 aliphatic heterocycles. The Labute approximate surface area is 169 Å². The van der Waals surface area contributed by atoms with E-state index in [9.17, 15) is 9.90 Å². The lowest BCUT2D eigenvalue weighted by molar-refractivity contribution is -0.141. The smallest absolute Gasteiger partial charge is 0.308 e. The number of aromatic nitrogens is 2. The zero-order valence-corrected chi connectivity index (χ0v) is 17.1. The number of nitrogens with one attached hydrogen (secondary N) is 1. The highest BCUT2D eigenvalue weighted by atomic mass is 16.5. The molecule has 0 saturated carbocycles. The Kier molecular flexibility index (Phi) is 6.26. The minimum absolute atomic E-state index is 0.384. The van der Waals surface area contributed by atoms with Gasteiger partial charge in [0.05, 0.1) is 27.2 Å². The average Bonchev–Trinajstić information content (AvgIpc) is 2.72. The maximum absolute atomic E-state index is 11.4. The van der Waals surface area contributed by atoms with E-state index < -0.39 is 5.97 Å². The fraction of sp³-hybridized carbons (Fsp3) is 0.450. The third-order valence-electron chi connectivity index (χ3n) is 4.86. The Hall–Kier alpha value is -3.23. The number of carbonyl (C=O) groups is 1. The Balaban J connectivity index is 1.88. The average molecular weight is 402 g/mol. The van der Waals surface area contributed by atoms with Crippen LogP contribution in [0.4, 0.5) is 17.5 Å². The Morgan fingerprint density at radius 2 is 1.83 bits per heavy atom. The van der Waals surface area contributed by atoms with Gasteiger partial charge in [-0.3, -0.25) is 4.79 Å². The summed E-state index contributed by atoms with van der Waals surface area (Å²) in [6, 6.07) is 5.41. The number of aliphatic carboxylic acids is 1. The fourth-order valence-electron chi connectivity index (χ4n) is 3.44. The van der Waals surface area contributed by atoms with Crippen LogP contribution < -0.4 is 24.4 Å². The lowest BCUT2D eigenvalue weighted by Gasteiger charge is -2.31. The Morgan fingerprint density at radius 3 is 2.41 bits per heavy atom. The van der Waals surface area contributed by atoms with E-state index in [1.807, 2.05) is 17.9 Å². The summed E-state index contributed by atoms with van der Waals surface area (Å²) < 4.78 is 16.1. The van der Waals surface area contributed by atoms with Crippen molar-refractivity contribution in [2.75, 3.05) is 44.6 Å². The van der Waals surface area contributed by atoms with Gasteiger partial charge in [0, 0.05) is 42.7 Å². The molecule has 9 nitrogen and oxygen atoms in total. The number of rotatable bonds is 7. The van der Waals surface area contributed by atoms with Crippen molar-refractivity contribution in [2.24, 2.45) is 5.92 Å². The van der Waals surface area contributed by atoms with E-state index in [2.05, 4.69) is 15.3 Å². The van der Waals surface area contributed by atoms with Crippen molar-refractivity contribution >= 4 is 23.4 Å². The molecule has 0 radical (unpaired) electrons. The van der Waals surface area contributed by atoms with E-state index >= 15 is 0 Å². The first-order chi connectivity index (χ1) is 13.9. The lowest BCUT2D eigenvalue weighted by Crippen LogP contribution is -2.39. The second-order valence-corrected chi connectivity index (χ2v) is 6.85. The molecule has 1 aromatic carbocycles. The van der Waals surface area contributed by atoms with Crippen molar-refractivity contribution < 1.29 is 24.1 Å².